The van der Waals surface area contributed by atoms with Crippen molar-refractivity contribution in [1.82, 2.24) is 0 Å². The van der Waals surface area contributed by atoms with Gasteiger partial charge in [0.25, 0.3) is 0 Å². The molecule has 71 heavy (non-hydrogen) atoms. The number of ether oxygens (including phenoxy) is 8. The molecular weight excluding hydrogens is 933 g/mol. The lowest BCUT2D eigenvalue weighted by molar-refractivity contribution is -0.372. The molecule has 0 aromatic carbocycles. The van der Waals surface area contributed by atoms with E-state index in [0.717, 1.165) is 25.7 Å². The second-order valence-corrected chi connectivity index (χ2v) is 25.6. The smallest absolute Gasteiger partial charge is 0.187 e. The van der Waals surface area contributed by atoms with Crippen LogP contribution < -0.4 is 0 Å². The van der Waals surface area contributed by atoms with Crippen LogP contribution in [0.3, 0.4) is 0 Å². The molecule has 9 fully saturated rings. The fraction of sp³-hybridized carbons (Fsp3) is 1.00. The summed E-state index contributed by atoms with van der Waals surface area (Å²) in [6.45, 7) is 17.9. The van der Waals surface area contributed by atoms with Gasteiger partial charge in [-0.15, -0.1) is 0 Å². The third-order valence-electron chi connectivity index (χ3n) is 20.9. The van der Waals surface area contributed by atoms with Gasteiger partial charge in [-0.3, -0.25) is 0 Å². The second kappa shape index (κ2) is 19.3. The van der Waals surface area contributed by atoms with Crippen molar-refractivity contribution in [3.8, 4) is 0 Å². The summed E-state index contributed by atoms with van der Waals surface area (Å²) >= 11 is 0. The lowest BCUT2D eigenvalue weighted by atomic mass is 9.31. The molecule has 410 valence electrons. The number of aliphatic hydroxyl groups is 12. The third kappa shape index (κ3) is 8.82. The molecule has 9 rings (SSSR count). The van der Waals surface area contributed by atoms with Crippen molar-refractivity contribution in [2.45, 2.75) is 242 Å². The molecule has 4 heterocycles. The highest BCUT2D eigenvalue weighted by Crippen LogP contribution is 2.79. The number of hydrogen-bond donors (Lipinski definition) is 12. The van der Waals surface area contributed by atoms with Crippen LogP contribution >= 0.6 is 0 Å². The highest BCUT2D eigenvalue weighted by molar-refractivity contribution is 5.23. The first-order chi connectivity index (χ1) is 33.0. The van der Waals surface area contributed by atoms with Crippen molar-refractivity contribution < 1.29 is 99.2 Å². The average molecular weight is 1020 g/mol. The largest absolute Gasteiger partial charge is 0.390 e. The van der Waals surface area contributed by atoms with E-state index in [1.54, 1.807) is 0 Å². The minimum absolute atomic E-state index is 0.0689. The van der Waals surface area contributed by atoms with Crippen molar-refractivity contribution in [3.05, 3.63) is 0 Å². The fourth-order valence-electron chi connectivity index (χ4n) is 17.3. The molecule has 0 aromatic heterocycles. The van der Waals surface area contributed by atoms with Gasteiger partial charge in [0.1, 0.15) is 73.2 Å². The molecule has 0 aromatic rings. The van der Waals surface area contributed by atoms with Crippen LogP contribution in [-0.2, 0) is 37.9 Å². The standard InChI is InChI=1S/C51H86O20/c1-21-32(55)36(59)39(62)44(67-21)71-40-35(58)25(54)20-66-45(40)70-30-13-15-49(7)29-11-10-28-48(6)14-12-22(47(4,5)63)31(48)26(68-42-37(60)33(56)23(52)18-64-42)16-50(28,8)51(29,9)17-27(41(49)46(30,2)3)69-43-38(61)34(57)24(53)19-65-43/h21-45,52-63H,10-20H2,1-9H3/t21-,22-,23+,24+,25+,26-,27-,28+,29+,30-,31+,32-,33-,34-,35-,36+,37+,38+,39+,40+,41-,42-,43-,44-,45-,48+,49+,50+,51+/m0/s1. The first kappa shape index (κ1) is 55.0. The zero-order chi connectivity index (χ0) is 51.9. The van der Waals surface area contributed by atoms with Gasteiger partial charge in [-0.2, -0.15) is 0 Å². The van der Waals surface area contributed by atoms with E-state index in [-0.39, 0.29) is 54.8 Å². The van der Waals surface area contributed by atoms with Gasteiger partial charge < -0.3 is 99.2 Å². The zero-order valence-electron chi connectivity index (χ0n) is 42.8. The van der Waals surface area contributed by atoms with Crippen molar-refractivity contribution in [3.63, 3.8) is 0 Å². The Kier molecular flexibility index (Phi) is 14.9. The van der Waals surface area contributed by atoms with Gasteiger partial charge in [0.2, 0.25) is 0 Å². The summed E-state index contributed by atoms with van der Waals surface area (Å²) in [5, 5.41) is 131. The Morgan fingerprint density at radius 1 is 0.493 bits per heavy atom. The fourth-order valence-corrected chi connectivity index (χ4v) is 17.3. The summed E-state index contributed by atoms with van der Waals surface area (Å²) in [4.78, 5) is 0. The maximum Gasteiger partial charge on any atom is 0.187 e. The van der Waals surface area contributed by atoms with E-state index in [0.29, 0.717) is 25.7 Å². The number of hydrogen-bond acceptors (Lipinski definition) is 20. The number of aliphatic hydroxyl groups excluding tert-OH is 11. The topological polar surface area (TPSA) is 317 Å². The molecule has 29 atom stereocenters. The van der Waals surface area contributed by atoms with Crippen LogP contribution in [0.25, 0.3) is 0 Å². The molecule has 4 saturated heterocycles. The lowest BCUT2D eigenvalue weighted by Gasteiger charge is -2.75. The Morgan fingerprint density at radius 2 is 0.972 bits per heavy atom. The van der Waals surface area contributed by atoms with E-state index in [2.05, 4.69) is 41.5 Å². The molecule has 0 bridgehead atoms. The van der Waals surface area contributed by atoms with Crippen molar-refractivity contribution in [2.75, 3.05) is 19.8 Å². The van der Waals surface area contributed by atoms with E-state index in [4.69, 9.17) is 37.9 Å². The van der Waals surface area contributed by atoms with Crippen LogP contribution in [0.2, 0.25) is 0 Å². The summed E-state index contributed by atoms with van der Waals surface area (Å²) in [6, 6.07) is 0. The third-order valence-corrected chi connectivity index (χ3v) is 20.9. The zero-order valence-corrected chi connectivity index (χ0v) is 42.8. The molecule has 20 heteroatoms. The van der Waals surface area contributed by atoms with E-state index in [1.165, 1.54) is 6.92 Å². The quantitative estimate of drug-likeness (QED) is 0.128. The molecule has 0 amide bonds. The summed E-state index contributed by atoms with van der Waals surface area (Å²) in [5.41, 5.74) is -3.67. The predicted molar refractivity (Wildman–Crippen MR) is 246 cm³/mol. The monoisotopic (exact) mass is 1020 g/mol. The van der Waals surface area contributed by atoms with Gasteiger partial charge in [0, 0.05) is 0 Å². The molecule has 4 aliphatic heterocycles. The van der Waals surface area contributed by atoms with Crippen LogP contribution in [0.1, 0.15) is 114 Å². The maximum atomic E-state index is 11.8. The minimum atomic E-state index is -1.70. The van der Waals surface area contributed by atoms with E-state index < -0.39 is 150 Å². The minimum Gasteiger partial charge on any atom is -0.390 e. The van der Waals surface area contributed by atoms with Crippen LogP contribution in [-0.4, -0.2) is 210 Å². The Balaban J connectivity index is 1.07. The second-order valence-electron chi connectivity index (χ2n) is 25.6. The van der Waals surface area contributed by atoms with Gasteiger partial charge in [0.05, 0.1) is 49.8 Å². The van der Waals surface area contributed by atoms with E-state index in [9.17, 15) is 61.3 Å². The first-order valence-corrected chi connectivity index (χ1v) is 26.3. The van der Waals surface area contributed by atoms with E-state index >= 15 is 0 Å². The van der Waals surface area contributed by atoms with Gasteiger partial charge in [-0.25, -0.2) is 0 Å². The normalized spacial score (nSPS) is 57.5. The summed E-state index contributed by atoms with van der Waals surface area (Å²) in [7, 11) is 0. The summed E-state index contributed by atoms with van der Waals surface area (Å²) in [6.07, 6.45) is -20.4. The Bertz CT molecular complexity index is 1870. The molecule has 0 spiro atoms. The van der Waals surface area contributed by atoms with Crippen LogP contribution in [0.15, 0.2) is 0 Å². The molecular formula is C51H86O20. The van der Waals surface area contributed by atoms with Crippen molar-refractivity contribution in [2.24, 2.45) is 56.7 Å². The van der Waals surface area contributed by atoms with Crippen LogP contribution in [0.5, 0.6) is 0 Å². The summed E-state index contributed by atoms with van der Waals surface area (Å²) < 4.78 is 50.8. The molecule has 5 aliphatic carbocycles. The predicted octanol–water partition coefficient (Wildman–Crippen LogP) is -0.597. The lowest BCUT2D eigenvalue weighted by Crippen LogP contribution is -2.72. The molecule has 0 unspecified atom stereocenters. The van der Waals surface area contributed by atoms with Gasteiger partial charge in [-0.05, 0) is 129 Å². The summed E-state index contributed by atoms with van der Waals surface area (Å²) in [5.74, 6) is -0.412. The molecule has 9 aliphatic rings. The number of fused-ring (bicyclic) bond motifs is 7. The van der Waals surface area contributed by atoms with Crippen molar-refractivity contribution >= 4 is 0 Å². The van der Waals surface area contributed by atoms with Gasteiger partial charge >= 0.3 is 0 Å². The van der Waals surface area contributed by atoms with Crippen LogP contribution in [0.4, 0.5) is 0 Å². The highest BCUT2D eigenvalue weighted by atomic mass is 16.8. The Labute approximate surface area is 416 Å². The Hall–Kier alpha value is -0.800. The van der Waals surface area contributed by atoms with Crippen LogP contribution in [0, 0.1) is 56.7 Å². The SMILES string of the molecule is C[C@@H]1O[C@@H](O[C@H]2[C@H](O[C@H]3CC[C@]4(C)[C@H]5CC[C@@H]6[C@@]7(C)CC[C@H](C(C)(C)O)[C@@H]7[C@@H](O[C@@H]7OC[C@@H](O)[C@H](O)[C@H]7O)C[C@@]6(C)[C@]5(C)C[C@H](O[C@@H]5OC[C@@H](O)[C@H](O)[C@H]5O)[C@H]4C3(C)C)OC[C@@H](O)[C@@H]2O)[C@H](O)[C@H](O)[C@H]1O. The van der Waals surface area contributed by atoms with Gasteiger partial charge in [0.15, 0.2) is 25.2 Å². The Morgan fingerprint density at radius 3 is 1.54 bits per heavy atom. The maximum absolute atomic E-state index is 11.8. The highest BCUT2D eigenvalue weighted by Gasteiger charge is 2.75. The first-order valence-electron chi connectivity index (χ1n) is 26.3. The van der Waals surface area contributed by atoms with E-state index in [1.807, 2.05) is 13.8 Å². The molecule has 12 N–H and O–H groups in total. The molecule has 20 nitrogen and oxygen atoms in total. The molecule has 5 saturated carbocycles. The molecule has 0 radical (unpaired) electrons. The average Bonchev–Trinajstić information content (AvgIpc) is 3.67. The number of rotatable bonds is 9. The van der Waals surface area contributed by atoms with Crippen molar-refractivity contribution in [1.29, 1.82) is 0 Å². The van der Waals surface area contributed by atoms with Gasteiger partial charge in [-0.1, -0.05) is 41.5 Å².